The number of phenolic OH excluding ortho intramolecular Hbond substituents is 1. The van der Waals surface area contributed by atoms with Crippen LogP contribution < -0.4 is 0 Å². The number of hydrogen-bond donors (Lipinski definition) is 1. The molecule has 3 rings (SSSR count). The first-order chi connectivity index (χ1) is 11.6. The van der Waals surface area contributed by atoms with Crippen molar-refractivity contribution < 1.29 is 9.90 Å². The highest BCUT2D eigenvalue weighted by atomic mass is 16.3. The second-order valence-corrected chi connectivity index (χ2v) is 6.84. The molecule has 2 aromatic rings. The molecule has 1 saturated heterocycles. The van der Waals surface area contributed by atoms with Crippen LogP contribution >= 0.6 is 0 Å². The third-order valence-electron chi connectivity index (χ3n) is 4.85. The monoisotopic (exact) mass is 323 g/mol. The van der Waals surface area contributed by atoms with Gasteiger partial charge in [-0.25, -0.2) is 0 Å². The Morgan fingerprint density at radius 3 is 2.67 bits per heavy atom. The Morgan fingerprint density at radius 1 is 1.08 bits per heavy atom. The fourth-order valence-corrected chi connectivity index (χ4v) is 3.33. The number of nitrogens with zero attached hydrogens (tertiary/aromatic N) is 1. The molecule has 0 bridgehead atoms. The van der Waals surface area contributed by atoms with Crippen molar-refractivity contribution in [2.45, 2.75) is 32.6 Å². The van der Waals surface area contributed by atoms with E-state index >= 15 is 0 Å². The molecule has 2 aromatic carbocycles. The summed E-state index contributed by atoms with van der Waals surface area (Å²) in [5.41, 5.74) is 2.67. The van der Waals surface area contributed by atoms with Crippen molar-refractivity contribution in [2.75, 3.05) is 13.1 Å². The highest BCUT2D eigenvalue weighted by molar-refractivity contribution is 5.97. The van der Waals surface area contributed by atoms with Crippen LogP contribution in [0.5, 0.6) is 5.75 Å². The van der Waals surface area contributed by atoms with Gasteiger partial charge in [0.1, 0.15) is 5.75 Å². The summed E-state index contributed by atoms with van der Waals surface area (Å²) in [5, 5.41) is 10.2. The molecule has 0 aliphatic carbocycles. The molecule has 0 spiro atoms. The molecular weight excluding hydrogens is 298 g/mol. The van der Waals surface area contributed by atoms with Gasteiger partial charge >= 0.3 is 0 Å². The lowest BCUT2D eigenvalue weighted by molar-refractivity contribution is 0.0757. The second kappa shape index (κ2) is 7.52. The van der Waals surface area contributed by atoms with E-state index in [4.69, 9.17) is 0 Å². The van der Waals surface area contributed by atoms with Gasteiger partial charge in [-0.1, -0.05) is 43.3 Å². The maximum atomic E-state index is 12.9. The van der Waals surface area contributed by atoms with Crippen molar-refractivity contribution >= 4 is 5.91 Å². The van der Waals surface area contributed by atoms with Gasteiger partial charge in [-0.05, 0) is 54.9 Å². The third-order valence-corrected chi connectivity index (χ3v) is 4.85. The lowest BCUT2D eigenvalue weighted by atomic mass is 10.0. The van der Waals surface area contributed by atoms with E-state index in [1.165, 1.54) is 12.0 Å². The van der Waals surface area contributed by atoms with Crippen LogP contribution in [0, 0.1) is 5.92 Å². The Bertz CT molecular complexity index is 696. The summed E-state index contributed by atoms with van der Waals surface area (Å²) < 4.78 is 0. The Hall–Kier alpha value is -2.29. The average molecular weight is 323 g/mol. The maximum Gasteiger partial charge on any atom is 0.257 e. The first-order valence-electron chi connectivity index (χ1n) is 8.78. The fourth-order valence-electron chi connectivity index (χ4n) is 3.33. The van der Waals surface area contributed by atoms with Crippen LogP contribution in [0.4, 0.5) is 0 Å². The first kappa shape index (κ1) is 16.6. The van der Waals surface area contributed by atoms with Crippen LogP contribution in [0.25, 0.3) is 0 Å². The number of likely N-dealkylation sites (tertiary alicyclic amines) is 1. The summed E-state index contributed by atoms with van der Waals surface area (Å²) in [6, 6.07) is 15.6. The zero-order valence-electron chi connectivity index (χ0n) is 14.2. The second-order valence-electron chi connectivity index (χ2n) is 6.84. The first-order valence-corrected chi connectivity index (χ1v) is 8.78. The maximum absolute atomic E-state index is 12.9. The van der Waals surface area contributed by atoms with Gasteiger partial charge in [-0.15, -0.1) is 0 Å². The quantitative estimate of drug-likeness (QED) is 0.917. The van der Waals surface area contributed by atoms with Gasteiger partial charge in [0.15, 0.2) is 0 Å². The van der Waals surface area contributed by atoms with Crippen LogP contribution in [-0.4, -0.2) is 29.0 Å². The van der Waals surface area contributed by atoms with Crippen LogP contribution in [0.1, 0.15) is 47.7 Å². The van der Waals surface area contributed by atoms with Gasteiger partial charge in [0.25, 0.3) is 5.91 Å². The van der Waals surface area contributed by atoms with Crippen molar-refractivity contribution in [3.8, 4) is 5.75 Å². The van der Waals surface area contributed by atoms with Gasteiger partial charge in [0, 0.05) is 13.1 Å². The number of phenols is 1. The largest absolute Gasteiger partial charge is 0.507 e. The molecule has 3 nitrogen and oxygen atoms in total. The van der Waals surface area contributed by atoms with Crippen molar-refractivity contribution in [1.29, 1.82) is 0 Å². The molecule has 0 saturated carbocycles. The van der Waals surface area contributed by atoms with Crippen molar-refractivity contribution in [3.63, 3.8) is 0 Å². The number of carbonyl (C=O) groups is 1. The van der Waals surface area contributed by atoms with Gasteiger partial charge in [0.2, 0.25) is 0 Å². The van der Waals surface area contributed by atoms with E-state index < -0.39 is 0 Å². The van der Waals surface area contributed by atoms with Crippen molar-refractivity contribution in [2.24, 2.45) is 5.92 Å². The summed E-state index contributed by atoms with van der Waals surface area (Å²) in [6.45, 7) is 3.81. The molecular formula is C21H25NO2. The molecule has 24 heavy (non-hydrogen) atoms. The Morgan fingerprint density at radius 2 is 1.88 bits per heavy atom. The predicted octanol–water partition coefficient (Wildman–Crippen LogP) is 4.25. The predicted molar refractivity (Wildman–Crippen MR) is 96.3 cm³/mol. The van der Waals surface area contributed by atoms with Gasteiger partial charge in [-0.3, -0.25) is 4.79 Å². The standard InChI is InChI=1S/C21H25NO2/c1-16-6-5-12-22(13-11-16)21(24)19-15-18(9-10-20(19)23)14-17-7-3-2-4-8-17/h2-4,7-10,15-16,23H,5-6,11-14H2,1H3. The Kier molecular flexibility index (Phi) is 5.19. The topological polar surface area (TPSA) is 40.5 Å². The van der Waals surface area contributed by atoms with Crippen LogP contribution in [0.2, 0.25) is 0 Å². The molecule has 0 aromatic heterocycles. The Labute approximate surface area is 143 Å². The summed E-state index contributed by atoms with van der Waals surface area (Å²) in [4.78, 5) is 14.7. The minimum Gasteiger partial charge on any atom is -0.507 e. The summed E-state index contributed by atoms with van der Waals surface area (Å²) in [7, 11) is 0. The van der Waals surface area contributed by atoms with Crippen molar-refractivity contribution in [3.05, 3.63) is 65.2 Å². The van der Waals surface area contributed by atoms with E-state index in [2.05, 4.69) is 19.1 Å². The van der Waals surface area contributed by atoms with Crippen LogP contribution in [0.3, 0.4) is 0 Å². The van der Waals surface area contributed by atoms with E-state index in [0.29, 0.717) is 11.5 Å². The van der Waals surface area contributed by atoms with E-state index in [9.17, 15) is 9.90 Å². The molecule has 0 radical (unpaired) electrons. The van der Waals surface area contributed by atoms with Gasteiger partial charge < -0.3 is 10.0 Å². The van der Waals surface area contributed by atoms with Crippen molar-refractivity contribution in [1.82, 2.24) is 4.90 Å². The minimum absolute atomic E-state index is 0.0449. The molecule has 1 unspecified atom stereocenters. The summed E-state index contributed by atoms with van der Waals surface area (Å²) in [6.07, 6.45) is 4.01. The summed E-state index contributed by atoms with van der Waals surface area (Å²) in [5.74, 6) is 0.700. The average Bonchev–Trinajstić information content (AvgIpc) is 2.81. The molecule has 1 heterocycles. The number of benzene rings is 2. The molecule has 1 N–H and O–H groups in total. The number of hydrogen-bond acceptors (Lipinski definition) is 2. The zero-order chi connectivity index (χ0) is 16.9. The molecule has 3 heteroatoms. The van der Waals surface area contributed by atoms with Crippen LogP contribution in [0.15, 0.2) is 48.5 Å². The van der Waals surface area contributed by atoms with Crippen LogP contribution in [-0.2, 0) is 6.42 Å². The number of rotatable bonds is 3. The SMILES string of the molecule is CC1CCCN(C(=O)c2cc(Cc3ccccc3)ccc2O)CC1. The molecule has 1 fully saturated rings. The summed E-state index contributed by atoms with van der Waals surface area (Å²) >= 11 is 0. The fraction of sp³-hybridized carbons (Fsp3) is 0.381. The number of carbonyl (C=O) groups excluding carboxylic acids is 1. The van der Waals surface area contributed by atoms with E-state index in [1.807, 2.05) is 35.2 Å². The number of aromatic hydroxyl groups is 1. The van der Waals surface area contributed by atoms with E-state index in [-0.39, 0.29) is 11.7 Å². The highest BCUT2D eigenvalue weighted by Gasteiger charge is 2.22. The minimum atomic E-state index is -0.0449. The van der Waals surface area contributed by atoms with Gasteiger partial charge in [0.05, 0.1) is 5.56 Å². The highest BCUT2D eigenvalue weighted by Crippen LogP contribution is 2.24. The zero-order valence-corrected chi connectivity index (χ0v) is 14.2. The molecule has 1 aliphatic rings. The molecule has 1 aliphatic heterocycles. The Balaban J connectivity index is 1.79. The molecule has 126 valence electrons. The lowest BCUT2D eigenvalue weighted by Crippen LogP contribution is -2.32. The van der Waals surface area contributed by atoms with E-state index in [0.717, 1.165) is 37.9 Å². The third kappa shape index (κ3) is 3.97. The van der Waals surface area contributed by atoms with E-state index in [1.54, 1.807) is 6.07 Å². The van der Waals surface area contributed by atoms with Gasteiger partial charge in [-0.2, -0.15) is 0 Å². The number of amides is 1. The molecule has 1 amide bonds. The lowest BCUT2D eigenvalue weighted by Gasteiger charge is -2.21. The molecule has 1 atom stereocenters. The normalized spacial score (nSPS) is 18.2. The smallest absolute Gasteiger partial charge is 0.257 e.